The molecule has 1 heterocycles. The van der Waals surface area contributed by atoms with Crippen molar-refractivity contribution in [2.24, 2.45) is 17.8 Å². The maximum Gasteiger partial charge on any atom is 0.342 e. The molecule has 1 N–H and O–H groups in total. The number of esters is 1. The van der Waals surface area contributed by atoms with Gasteiger partial charge in [-0.2, -0.15) is 0 Å². The van der Waals surface area contributed by atoms with Gasteiger partial charge in [0.2, 0.25) is 0 Å². The summed E-state index contributed by atoms with van der Waals surface area (Å²) in [5.41, 5.74) is 1.58. The molecule has 1 atom stereocenters. The summed E-state index contributed by atoms with van der Waals surface area (Å²) in [4.78, 5) is 29.4. The highest BCUT2D eigenvalue weighted by atomic mass is 35.5. The number of hydrogen-bond donors (Lipinski definition) is 1. The van der Waals surface area contributed by atoms with E-state index in [2.05, 4.69) is 10.3 Å². The molecular weight excluding hydrogens is 364 g/mol. The summed E-state index contributed by atoms with van der Waals surface area (Å²) < 4.78 is 5.44. The zero-order valence-corrected chi connectivity index (χ0v) is 16.9. The van der Waals surface area contributed by atoms with Gasteiger partial charge < -0.3 is 10.1 Å². The number of aryl methyl sites for hydroxylation is 2. The fourth-order valence-corrected chi connectivity index (χ4v) is 6.30. The van der Waals surface area contributed by atoms with E-state index in [0.717, 1.165) is 42.7 Å². The summed E-state index contributed by atoms with van der Waals surface area (Å²) in [5.74, 6) is 1.43. The number of ether oxygens (including phenoxy) is 1. The Labute approximate surface area is 165 Å². The van der Waals surface area contributed by atoms with Gasteiger partial charge in [-0.1, -0.05) is 11.6 Å². The Balaban J connectivity index is 1.42. The molecule has 146 valence electrons. The molecule has 0 aliphatic heterocycles. The lowest BCUT2D eigenvalue weighted by Gasteiger charge is -2.57. The summed E-state index contributed by atoms with van der Waals surface area (Å²) in [6.07, 6.45) is 6.30. The average molecular weight is 391 g/mol. The van der Waals surface area contributed by atoms with Crippen LogP contribution >= 0.6 is 11.6 Å². The molecule has 5 nitrogen and oxygen atoms in total. The Morgan fingerprint density at radius 1 is 1.19 bits per heavy atom. The largest absolute Gasteiger partial charge is 0.449 e. The second kappa shape index (κ2) is 6.77. The number of hydrogen-bond acceptors (Lipinski definition) is 4. The molecule has 0 spiro atoms. The monoisotopic (exact) mass is 390 g/mol. The van der Waals surface area contributed by atoms with Gasteiger partial charge in [-0.3, -0.25) is 4.79 Å². The van der Waals surface area contributed by atoms with E-state index in [-0.39, 0.29) is 22.2 Å². The first-order valence-corrected chi connectivity index (χ1v) is 10.3. The van der Waals surface area contributed by atoms with Crippen molar-refractivity contribution in [2.45, 2.75) is 70.9 Å². The summed E-state index contributed by atoms with van der Waals surface area (Å²) in [6, 6.07) is 1.78. The highest BCUT2D eigenvalue weighted by molar-refractivity contribution is 6.32. The predicted molar refractivity (Wildman–Crippen MR) is 103 cm³/mol. The van der Waals surface area contributed by atoms with Gasteiger partial charge >= 0.3 is 5.97 Å². The van der Waals surface area contributed by atoms with Gasteiger partial charge in [-0.05, 0) is 88.7 Å². The maximum absolute atomic E-state index is 12.8. The molecule has 27 heavy (non-hydrogen) atoms. The number of carbonyl (C=O) groups is 2. The molecule has 4 aliphatic carbocycles. The normalized spacial score (nSPS) is 32.2. The van der Waals surface area contributed by atoms with Crippen LogP contribution in [-0.2, 0) is 9.53 Å². The van der Waals surface area contributed by atoms with Crippen LogP contribution in [0.2, 0.25) is 5.15 Å². The van der Waals surface area contributed by atoms with E-state index in [1.807, 2.05) is 6.92 Å². The van der Waals surface area contributed by atoms with Crippen molar-refractivity contribution in [1.29, 1.82) is 0 Å². The zero-order valence-electron chi connectivity index (χ0n) is 16.2. The Hall–Kier alpha value is -1.62. The third-order valence-corrected chi connectivity index (χ3v) is 6.86. The molecule has 0 unspecified atom stereocenters. The van der Waals surface area contributed by atoms with Crippen molar-refractivity contribution in [3.63, 3.8) is 0 Å². The SMILES string of the molecule is Cc1cc(C)c(C(=O)O[C@@H](C)C(=O)NC23CC4CC(CC(C4)C2)C3)c(Cl)n1. The van der Waals surface area contributed by atoms with Crippen LogP contribution in [0.1, 0.15) is 67.1 Å². The van der Waals surface area contributed by atoms with Gasteiger partial charge in [0.15, 0.2) is 6.10 Å². The van der Waals surface area contributed by atoms with E-state index in [0.29, 0.717) is 5.56 Å². The quantitative estimate of drug-likeness (QED) is 0.623. The van der Waals surface area contributed by atoms with Crippen LogP contribution in [0.3, 0.4) is 0 Å². The molecule has 5 rings (SSSR count). The first-order chi connectivity index (χ1) is 12.7. The summed E-state index contributed by atoms with van der Waals surface area (Å²) in [5, 5.41) is 3.37. The van der Waals surface area contributed by atoms with Gasteiger partial charge in [0, 0.05) is 11.2 Å². The van der Waals surface area contributed by atoms with Gasteiger partial charge in [-0.15, -0.1) is 0 Å². The van der Waals surface area contributed by atoms with Gasteiger partial charge in [0.05, 0.1) is 5.56 Å². The van der Waals surface area contributed by atoms with Crippen molar-refractivity contribution < 1.29 is 14.3 Å². The highest BCUT2D eigenvalue weighted by Crippen LogP contribution is 2.55. The summed E-state index contributed by atoms with van der Waals surface area (Å²) in [7, 11) is 0. The number of rotatable bonds is 4. The number of carbonyl (C=O) groups excluding carboxylic acids is 2. The molecule has 4 bridgehead atoms. The van der Waals surface area contributed by atoms with E-state index in [9.17, 15) is 9.59 Å². The van der Waals surface area contributed by atoms with Crippen molar-refractivity contribution in [2.75, 3.05) is 0 Å². The Kier molecular flexibility index (Phi) is 4.69. The molecule has 1 aromatic heterocycles. The van der Waals surface area contributed by atoms with E-state index >= 15 is 0 Å². The second-order valence-corrected chi connectivity index (χ2v) is 9.34. The third kappa shape index (κ3) is 3.58. The third-order valence-electron chi connectivity index (χ3n) is 6.58. The molecule has 0 radical (unpaired) electrons. The number of nitrogens with zero attached hydrogens (tertiary/aromatic N) is 1. The minimum Gasteiger partial charge on any atom is -0.449 e. The minimum absolute atomic E-state index is 0.0918. The summed E-state index contributed by atoms with van der Waals surface area (Å²) >= 11 is 6.12. The predicted octanol–water partition coefficient (Wildman–Crippen LogP) is 3.98. The second-order valence-electron chi connectivity index (χ2n) is 8.98. The average Bonchev–Trinajstić information content (AvgIpc) is 2.51. The van der Waals surface area contributed by atoms with Crippen LogP contribution in [0.5, 0.6) is 0 Å². The number of halogens is 1. The topological polar surface area (TPSA) is 68.3 Å². The molecular formula is C21H27ClN2O3. The molecule has 4 saturated carbocycles. The molecule has 1 aromatic rings. The van der Waals surface area contributed by atoms with Gasteiger partial charge in [0.1, 0.15) is 5.15 Å². The van der Waals surface area contributed by atoms with Gasteiger partial charge in [-0.25, -0.2) is 9.78 Å². The number of aromatic nitrogens is 1. The lowest BCUT2D eigenvalue weighted by atomic mass is 9.53. The molecule has 1 amide bonds. The Morgan fingerprint density at radius 3 is 2.26 bits per heavy atom. The van der Waals surface area contributed by atoms with Crippen LogP contribution in [0.4, 0.5) is 0 Å². The summed E-state index contributed by atoms with van der Waals surface area (Å²) in [6.45, 7) is 5.23. The highest BCUT2D eigenvalue weighted by Gasteiger charge is 2.51. The lowest BCUT2D eigenvalue weighted by Crippen LogP contribution is -2.61. The van der Waals surface area contributed by atoms with E-state index in [1.165, 1.54) is 19.3 Å². The van der Waals surface area contributed by atoms with Crippen molar-refractivity contribution in [1.82, 2.24) is 10.3 Å². The Morgan fingerprint density at radius 2 is 1.74 bits per heavy atom. The number of pyridine rings is 1. The lowest BCUT2D eigenvalue weighted by molar-refractivity contribution is -0.134. The van der Waals surface area contributed by atoms with E-state index in [4.69, 9.17) is 16.3 Å². The maximum atomic E-state index is 12.8. The molecule has 6 heteroatoms. The number of nitrogens with one attached hydrogen (secondary N) is 1. The number of amides is 1. The molecule has 4 aliphatic rings. The zero-order chi connectivity index (χ0) is 19.3. The minimum atomic E-state index is -0.859. The standard InChI is InChI=1S/C21H27ClN2O3/c1-11-4-12(2)23-18(22)17(11)20(26)27-13(3)19(25)24-21-8-14-5-15(9-21)7-16(6-14)10-21/h4,13-16H,5-10H2,1-3H3,(H,24,25)/t13-,14?,15?,16?,21?/m0/s1. The molecule has 0 saturated heterocycles. The van der Waals surface area contributed by atoms with Crippen LogP contribution in [0.15, 0.2) is 6.07 Å². The first-order valence-electron chi connectivity index (χ1n) is 9.91. The molecule has 0 aromatic carbocycles. The van der Waals surface area contributed by atoms with Crippen LogP contribution in [-0.4, -0.2) is 28.5 Å². The van der Waals surface area contributed by atoms with E-state index < -0.39 is 12.1 Å². The fourth-order valence-electron chi connectivity index (χ4n) is 5.94. The van der Waals surface area contributed by atoms with Crippen molar-refractivity contribution in [3.05, 3.63) is 28.0 Å². The fraction of sp³-hybridized carbons (Fsp3) is 0.667. The van der Waals surface area contributed by atoms with Gasteiger partial charge in [0.25, 0.3) is 5.91 Å². The van der Waals surface area contributed by atoms with E-state index in [1.54, 1.807) is 19.9 Å². The Bertz CT molecular complexity index is 733. The van der Waals surface area contributed by atoms with Crippen LogP contribution < -0.4 is 5.32 Å². The van der Waals surface area contributed by atoms with Crippen molar-refractivity contribution >= 4 is 23.5 Å². The van der Waals surface area contributed by atoms with Crippen LogP contribution in [0.25, 0.3) is 0 Å². The molecule has 4 fully saturated rings. The first kappa shape index (κ1) is 18.7. The smallest absolute Gasteiger partial charge is 0.342 e. The van der Waals surface area contributed by atoms with Crippen molar-refractivity contribution in [3.8, 4) is 0 Å². The van der Waals surface area contributed by atoms with Crippen LogP contribution in [0, 0.1) is 31.6 Å².